The SMILES string of the molecule is CCCN1CC[C@@H](N)[C@@H]1c1cnn(C(C)(C)C)c1. The molecule has 4 nitrogen and oxygen atoms in total. The van der Waals surface area contributed by atoms with Crippen molar-refractivity contribution < 1.29 is 0 Å². The Hall–Kier alpha value is -0.870. The molecule has 1 aromatic heterocycles. The number of hydrogen-bond acceptors (Lipinski definition) is 3. The lowest BCUT2D eigenvalue weighted by atomic mass is 10.0. The van der Waals surface area contributed by atoms with Crippen molar-refractivity contribution >= 4 is 0 Å². The smallest absolute Gasteiger partial charge is 0.0543 e. The molecule has 1 saturated heterocycles. The third-order valence-corrected chi connectivity index (χ3v) is 3.69. The third kappa shape index (κ3) is 2.59. The van der Waals surface area contributed by atoms with Crippen LogP contribution in [0.15, 0.2) is 12.4 Å². The number of nitrogens with two attached hydrogens (primary N) is 1. The van der Waals surface area contributed by atoms with Crippen molar-refractivity contribution in [3.05, 3.63) is 18.0 Å². The lowest BCUT2D eigenvalue weighted by Gasteiger charge is -2.25. The lowest BCUT2D eigenvalue weighted by molar-refractivity contribution is 0.247. The molecule has 102 valence electrons. The van der Waals surface area contributed by atoms with Crippen molar-refractivity contribution in [2.75, 3.05) is 13.1 Å². The highest BCUT2D eigenvalue weighted by molar-refractivity contribution is 5.16. The van der Waals surface area contributed by atoms with E-state index in [1.54, 1.807) is 0 Å². The number of rotatable bonds is 3. The van der Waals surface area contributed by atoms with Gasteiger partial charge < -0.3 is 5.73 Å². The first-order chi connectivity index (χ1) is 8.43. The number of nitrogens with zero attached hydrogens (tertiary/aromatic N) is 3. The summed E-state index contributed by atoms with van der Waals surface area (Å²) in [5.74, 6) is 0. The molecule has 2 rings (SSSR count). The Morgan fingerprint density at radius 2 is 2.17 bits per heavy atom. The van der Waals surface area contributed by atoms with Gasteiger partial charge in [-0.1, -0.05) is 6.92 Å². The zero-order valence-electron chi connectivity index (χ0n) is 12.1. The molecule has 2 heterocycles. The van der Waals surface area contributed by atoms with Gasteiger partial charge in [-0.25, -0.2) is 0 Å². The average molecular weight is 250 g/mol. The van der Waals surface area contributed by atoms with Crippen molar-refractivity contribution in [2.45, 2.75) is 58.2 Å². The van der Waals surface area contributed by atoms with Gasteiger partial charge in [-0.15, -0.1) is 0 Å². The summed E-state index contributed by atoms with van der Waals surface area (Å²) in [6.07, 6.45) is 6.42. The van der Waals surface area contributed by atoms with Crippen molar-refractivity contribution in [2.24, 2.45) is 5.73 Å². The van der Waals surface area contributed by atoms with Gasteiger partial charge in [0.2, 0.25) is 0 Å². The summed E-state index contributed by atoms with van der Waals surface area (Å²) in [5, 5.41) is 4.50. The second-order valence-electron chi connectivity index (χ2n) is 6.32. The Morgan fingerprint density at radius 1 is 1.44 bits per heavy atom. The fraction of sp³-hybridized carbons (Fsp3) is 0.786. The summed E-state index contributed by atoms with van der Waals surface area (Å²) >= 11 is 0. The average Bonchev–Trinajstić information content (AvgIpc) is 2.85. The standard InChI is InChI=1S/C14H26N4/c1-5-7-17-8-6-12(15)13(17)11-9-16-18(10-11)14(2,3)4/h9-10,12-13H,5-8,15H2,1-4H3/t12-,13+/m1/s1. The number of hydrogen-bond donors (Lipinski definition) is 1. The third-order valence-electron chi connectivity index (χ3n) is 3.69. The van der Waals surface area contributed by atoms with E-state index in [-0.39, 0.29) is 11.6 Å². The van der Waals surface area contributed by atoms with Gasteiger partial charge in [-0.05, 0) is 40.2 Å². The maximum absolute atomic E-state index is 6.27. The van der Waals surface area contributed by atoms with E-state index < -0.39 is 0 Å². The molecule has 0 bridgehead atoms. The van der Waals surface area contributed by atoms with Gasteiger partial charge in [0, 0.05) is 24.3 Å². The van der Waals surface area contributed by atoms with Gasteiger partial charge in [0.25, 0.3) is 0 Å². The zero-order chi connectivity index (χ0) is 13.3. The minimum atomic E-state index is 0.0382. The molecule has 18 heavy (non-hydrogen) atoms. The fourth-order valence-electron chi connectivity index (χ4n) is 2.74. The van der Waals surface area contributed by atoms with E-state index in [4.69, 9.17) is 5.73 Å². The van der Waals surface area contributed by atoms with Crippen LogP contribution in [0.25, 0.3) is 0 Å². The minimum absolute atomic E-state index is 0.0382. The summed E-state index contributed by atoms with van der Waals surface area (Å²) in [6.45, 7) is 11.0. The molecule has 0 aromatic carbocycles. The van der Waals surface area contributed by atoms with Crippen LogP contribution in [0.5, 0.6) is 0 Å². The molecule has 1 aliphatic heterocycles. The molecule has 0 aliphatic carbocycles. The molecular weight excluding hydrogens is 224 g/mol. The Labute approximate surface area is 110 Å². The van der Waals surface area contributed by atoms with Crippen LogP contribution in [0, 0.1) is 0 Å². The maximum atomic E-state index is 6.27. The summed E-state index contributed by atoms with van der Waals surface area (Å²) in [5.41, 5.74) is 7.58. The summed E-state index contributed by atoms with van der Waals surface area (Å²) < 4.78 is 2.04. The van der Waals surface area contributed by atoms with E-state index in [0.29, 0.717) is 6.04 Å². The molecule has 0 amide bonds. The van der Waals surface area contributed by atoms with Gasteiger partial charge in [0.1, 0.15) is 0 Å². The van der Waals surface area contributed by atoms with E-state index in [2.05, 4.69) is 43.9 Å². The molecule has 4 heteroatoms. The summed E-state index contributed by atoms with van der Waals surface area (Å²) in [4.78, 5) is 2.49. The van der Waals surface area contributed by atoms with Crippen LogP contribution in [0.4, 0.5) is 0 Å². The Morgan fingerprint density at radius 3 is 2.72 bits per heavy atom. The maximum Gasteiger partial charge on any atom is 0.0543 e. The van der Waals surface area contributed by atoms with Crippen LogP contribution >= 0.6 is 0 Å². The lowest BCUT2D eigenvalue weighted by Crippen LogP contribution is -2.32. The molecular formula is C14H26N4. The predicted octanol–water partition coefficient (Wildman–Crippen LogP) is 2.12. The zero-order valence-corrected chi connectivity index (χ0v) is 12.1. The molecule has 0 radical (unpaired) electrons. The van der Waals surface area contributed by atoms with E-state index in [0.717, 1.165) is 19.5 Å². The number of likely N-dealkylation sites (tertiary alicyclic amines) is 1. The second kappa shape index (κ2) is 5.02. The molecule has 2 N–H and O–H groups in total. The van der Waals surface area contributed by atoms with Crippen molar-refractivity contribution in [3.8, 4) is 0 Å². The molecule has 1 aliphatic rings. The summed E-state index contributed by atoms with van der Waals surface area (Å²) in [6, 6.07) is 0.593. The predicted molar refractivity (Wildman–Crippen MR) is 74.4 cm³/mol. The van der Waals surface area contributed by atoms with Gasteiger partial charge in [0.05, 0.1) is 17.8 Å². The molecule has 0 spiro atoms. The first-order valence-electron chi connectivity index (χ1n) is 6.98. The highest BCUT2D eigenvalue weighted by Crippen LogP contribution is 2.31. The fourth-order valence-corrected chi connectivity index (χ4v) is 2.74. The van der Waals surface area contributed by atoms with Gasteiger partial charge in [0.15, 0.2) is 0 Å². The molecule has 0 unspecified atom stereocenters. The first kappa shape index (κ1) is 13.6. The molecule has 0 saturated carbocycles. The highest BCUT2D eigenvalue weighted by Gasteiger charge is 2.33. The van der Waals surface area contributed by atoms with Crippen molar-refractivity contribution in [3.63, 3.8) is 0 Å². The summed E-state index contributed by atoms with van der Waals surface area (Å²) in [7, 11) is 0. The van der Waals surface area contributed by atoms with Gasteiger partial charge in [-0.2, -0.15) is 5.10 Å². The van der Waals surface area contributed by atoms with Crippen LogP contribution in [0.2, 0.25) is 0 Å². The molecule has 1 aromatic rings. The second-order valence-corrected chi connectivity index (χ2v) is 6.32. The first-order valence-corrected chi connectivity index (χ1v) is 6.98. The topological polar surface area (TPSA) is 47.1 Å². The largest absolute Gasteiger partial charge is 0.326 e. The van der Waals surface area contributed by atoms with E-state index in [9.17, 15) is 0 Å². The molecule has 1 fully saturated rings. The Bertz CT molecular complexity index is 389. The molecule has 2 atom stereocenters. The van der Waals surface area contributed by atoms with E-state index in [1.807, 2.05) is 10.9 Å². The van der Waals surface area contributed by atoms with Gasteiger partial charge in [-0.3, -0.25) is 9.58 Å². The van der Waals surface area contributed by atoms with Crippen LogP contribution < -0.4 is 5.73 Å². The van der Waals surface area contributed by atoms with Crippen molar-refractivity contribution in [1.29, 1.82) is 0 Å². The van der Waals surface area contributed by atoms with Crippen LogP contribution in [0.3, 0.4) is 0 Å². The van der Waals surface area contributed by atoms with E-state index >= 15 is 0 Å². The van der Waals surface area contributed by atoms with Crippen LogP contribution in [-0.4, -0.2) is 33.8 Å². The normalized spacial score (nSPS) is 25.8. The highest BCUT2D eigenvalue weighted by atomic mass is 15.3. The van der Waals surface area contributed by atoms with Crippen LogP contribution in [-0.2, 0) is 5.54 Å². The quantitative estimate of drug-likeness (QED) is 0.894. The minimum Gasteiger partial charge on any atom is -0.326 e. The van der Waals surface area contributed by atoms with E-state index in [1.165, 1.54) is 12.0 Å². The van der Waals surface area contributed by atoms with Crippen molar-refractivity contribution in [1.82, 2.24) is 14.7 Å². The monoisotopic (exact) mass is 250 g/mol. The van der Waals surface area contributed by atoms with Crippen LogP contribution in [0.1, 0.15) is 52.1 Å². The Kier molecular flexibility index (Phi) is 3.78. The number of aromatic nitrogens is 2. The van der Waals surface area contributed by atoms with Gasteiger partial charge >= 0.3 is 0 Å². The Balaban J connectivity index is 2.21.